The van der Waals surface area contributed by atoms with Gasteiger partial charge in [0.2, 0.25) is 0 Å². The lowest BCUT2D eigenvalue weighted by Crippen LogP contribution is -2.10. The lowest BCUT2D eigenvalue weighted by atomic mass is 9.89. The van der Waals surface area contributed by atoms with E-state index in [9.17, 15) is 4.79 Å². The van der Waals surface area contributed by atoms with E-state index in [1.165, 1.54) is 24.0 Å². The second kappa shape index (κ2) is 5.15. The van der Waals surface area contributed by atoms with E-state index in [0.29, 0.717) is 0 Å². The van der Waals surface area contributed by atoms with Crippen molar-refractivity contribution >= 4 is 43.9 Å². The monoisotopic (exact) mass is 303 g/mol. The Kier molecular flexibility index (Phi) is 3.48. The largest absolute Gasteiger partial charge is 0.288 e. The maximum absolute atomic E-state index is 12.7. The minimum Gasteiger partial charge on any atom is -0.288 e. The molecule has 3 aromatic rings. The van der Waals surface area contributed by atoms with Crippen LogP contribution in [0, 0.1) is 0 Å². The average Bonchev–Trinajstić information content (AvgIpc) is 2.47. The van der Waals surface area contributed by atoms with Gasteiger partial charge in [-0.3, -0.25) is 9.78 Å². The maximum Gasteiger partial charge on any atom is 0.197 e. The molecule has 0 unspecified atom stereocenters. The fourth-order valence-corrected chi connectivity index (χ4v) is 4.11. The minimum absolute atomic E-state index is 0. The lowest BCUT2D eigenvalue weighted by molar-refractivity contribution is 0.690. The Labute approximate surface area is 126 Å². The highest BCUT2D eigenvalue weighted by molar-refractivity contribution is 7.24. The fourth-order valence-electron chi connectivity index (χ4n) is 3.03. The summed E-state index contributed by atoms with van der Waals surface area (Å²) in [6, 6.07) is 6.26. The quantitative estimate of drug-likeness (QED) is 0.585. The van der Waals surface area contributed by atoms with Gasteiger partial charge in [-0.2, -0.15) is 0 Å². The van der Waals surface area contributed by atoms with E-state index in [1.807, 2.05) is 6.07 Å². The number of hydrogen-bond acceptors (Lipinski definition) is 3. The van der Waals surface area contributed by atoms with Gasteiger partial charge in [0.25, 0.3) is 0 Å². The minimum atomic E-state index is 0. The highest BCUT2D eigenvalue weighted by Crippen LogP contribution is 2.31. The van der Waals surface area contributed by atoms with Gasteiger partial charge in [0, 0.05) is 27.2 Å². The summed E-state index contributed by atoms with van der Waals surface area (Å²) in [6.07, 6.45) is 8.05. The van der Waals surface area contributed by atoms with Crippen molar-refractivity contribution in [3.63, 3.8) is 0 Å². The molecular weight excluding hydrogens is 290 g/mol. The first-order valence-electron chi connectivity index (χ1n) is 6.66. The zero-order valence-electron chi connectivity index (χ0n) is 10.9. The van der Waals surface area contributed by atoms with Crippen molar-refractivity contribution < 1.29 is 0 Å². The second-order valence-corrected chi connectivity index (χ2v) is 6.17. The van der Waals surface area contributed by atoms with E-state index in [2.05, 4.69) is 17.1 Å². The first-order chi connectivity index (χ1) is 9.34. The molecule has 2 aromatic heterocycles. The van der Waals surface area contributed by atoms with E-state index < -0.39 is 0 Å². The summed E-state index contributed by atoms with van der Waals surface area (Å²) in [6.45, 7) is 0. The third-order valence-corrected chi connectivity index (χ3v) is 5.10. The number of fused-ring (bicyclic) bond motifs is 4. The first kappa shape index (κ1) is 13.5. The summed E-state index contributed by atoms with van der Waals surface area (Å²) in [4.78, 5) is 16.8. The molecule has 2 heterocycles. The van der Waals surface area contributed by atoms with Gasteiger partial charge in [0.15, 0.2) is 5.43 Å². The van der Waals surface area contributed by atoms with Crippen LogP contribution in [0.25, 0.3) is 20.2 Å². The summed E-state index contributed by atoms with van der Waals surface area (Å²) < 4.78 is 2.15. The number of aryl methyl sites for hydroxylation is 2. The molecule has 0 aliphatic heterocycles. The average molecular weight is 304 g/mol. The van der Waals surface area contributed by atoms with Gasteiger partial charge in [0.05, 0.1) is 5.39 Å². The number of rotatable bonds is 0. The van der Waals surface area contributed by atoms with Crippen LogP contribution in [-0.4, -0.2) is 4.98 Å². The molecule has 0 spiro atoms. The predicted octanol–water partition coefficient (Wildman–Crippen LogP) is 4.11. The molecule has 0 saturated heterocycles. The molecule has 2 nitrogen and oxygen atoms in total. The summed E-state index contributed by atoms with van der Waals surface area (Å²) in [7, 11) is 0. The number of halogens is 1. The van der Waals surface area contributed by atoms with Crippen molar-refractivity contribution in [2.75, 3.05) is 0 Å². The van der Waals surface area contributed by atoms with Crippen LogP contribution in [0.15, 0.2) is 35.4 Å². The second-order valence-electron chi connectivity index (χ2n) is 5.09. The summed E-state index contributed by atoms with van der Waals surface area (Å²) in [5.74, 6) is 0. The van der Waals surface area contributed by atoms with Crippen molar-refractivity contribution in [3.8, 4) is 0 Å². The zero-order chi connectivity index (χ0) is 12.8. The molecule has 1 aliphatic rings. The molecule has 0 fully saturated rings. The summed E-state index contributed by atoms with van der Waals surface area (Å²) >= 11 is 1.70. The molecule has 0 bridgehead atoms. The number of benzene rings is 1. The normalized spacial score (nSPS) is 14.0. The highest BCUT2D eigenvalue weighted by atomic mass is 35.5. The van der Waals surface area contributed by atoms with Crippen LogP contribution in [0.4, 0.5) is 0 Å². The van der Waals surface area contributed by atoms with Crippen LogP contribution in [0.1, 0.15) is 24.0 Å². The Morgan fingerprint density at radius 3 is 2.80 bits per heavy atom. The Bertz CT molecular complexity index is 856. The van der Waals surface area contributed by atoms with Gasteiger partial charge < -0.3 is 0 Å². The van der Waals surface area contributed by atoms with Crippen LogP contribution >= 0.6 is 23.7 Å². The molecule has 1 aliphatic carbocycles. The molecule has 0 saturated carbocycles. The van der Waals surface area contributed by atoms with Crippen molar-refractivity contribution in [2.45, 2.75) is 25.7 Å². The molecule has 0 amide bonds. The number of pyridine rings is 1. The summed E-state index contributed by atoms with van der Waals surface area (Å²) in [5.41, 5.74) is 2.82. The van der Waals surface area contributed by atoms with Crippen LogP contribution in [-0.2, 0) is 12.8 Å². The maximum atomic E-state index is 12.7. The smallest absolute Gasteiger partial charge is 0.197 e. The molecule has 1 aromatic carbocycles. The highest BCUT2D eigenvalue weighted by Gasteiger charge is 2.16. The van der Waals surface area contributed by atoms with Gasteiger partial charge in [-0.25, -0.2) is 0 Å². The van der Waals surface area contributed by atoms with E-state index in [1.54, 1.807) is 23.7 Å². The summed E-state index contributed by atoms with van der Waals surface area (Å²) in [5, 5.41) is 1.71. The Morgan fingerprint density at radius 2 is 1.90 bits per heavy atom. The van der Waals surface area contributed by atoms with Gasteiger partial charge in [-0.15, -0.1) is 23.7 Å². The molecule has 4 heteroatoms. The molecule has 4 rings (SSSR count). The van der Waals surface area contributed by atoms with Crippen LogP contribution in [0.2, 0.25) is 0 Å². The van der Waals surface area contributed by atoms with Crippen molar-refractivity contribution in [1.29, 1.82) is 0 Å². The lowest BCUT2D eigenvalue weighted by Gasteiger charge is -2.17. The van der Waals surface area contributed by atoms with Crippen LogP contribution < -0.4 is 5.43 Å². The molecule has 0 radical (unpaired) electrons. The topological polar surface area (TPSA) is 30.0 Å². The zero-order valence-corrected chi connectivity index (χ0v) is 12.5. The molecule has 0 N–H and O–H groups in total. The fraction of sp³-hybridized carbons (Fsp3) is 0.250. The van der Waals surface area contributed by atoms with Gasteiger partial charge in [-0.05, 0) is 48.9 Å². The Morgan fingerprint density at radius 1 is 1.05 bits per heavy atom. The number of nitrogens with zero attached hydrogens (tertiary/aromatic N) is 1. The van der Waals surface area contributed by atoms with Crippen molar-refractivity contribution in [1.82, 2.24) is 4.98 Å². The van der Waals surface area contributed by atoms with E-state index in [4.69, 9.17) is 0 Å². The van der Waals surface area contributed by atoms with Crippen molar-refractivity contribution in [2.24, 2.45) is 0 Å². The molecule has 102 valence electrons. The van der Waals surface area contributed by atoms with Gasteiger partial charge >= 0.3 is 0 Å². The Balaban J connectivity index is 0.00000121. The van der Waals surface area contributed by atoms with Crippen molar-refractivity contribution in [3.05, 3.63) is 51.9 Å². The molecular formula is C16H14ClNOS. The number of aromatic nitrogens is 1. The van der Waals surface area contributed by atoms with Gasteiger partial charge in [0.1, 0.15) is 0 Å². The third kappa shape index (κ3) is 1.93. The Hall–Kier alpha value is -1.45. The van der Waals surface area contributed by atoms with E-state index >= 15 is 0 Å². The number of hydrogen-bond donors (Lipinski definition) is 0. The van der Waals surface area contributed by atoms with Crippen LogP contribution in [0.5, 0.6) is 0 Å². The van der Waals surface area contributed by atoms with Crippen LogP contribution in [0.3, 0.4) is 0 Å². The van der Waals surface area contributed by atoms with E-state index in [-0.39, 0.29) is 17.8 Å². The molecule has 20 heavy (non-hydrogen) atoms. The molecule has 0 atom stereocenters. The third-order valence-electron chi connectivity index (χ3n) is 3.97. The predicted molar refractivity (Wildman–Crippen MR) is 87.3 cm³/mol. The first-order valence-corrected chi connectivity index (χ1v) is 7.47. The standard InChI is InChI=1S/C16H13NOS.ClH/c18-16-12-9-17-8-7-13(12)19-14-6-5-10-3-1-2-4-11(10)15(14)16;/h5-9H,1-4H2;1H. The SMILES string of the molecule is Cl.O=c1c2cnccc2sc2ccc3c(c12)CCCC3. The van der Waals surface area contributed by atoms with Gasteiger partial charge in [-0.1, -0.05) is 6.07 Å². The van der Waals surface area contributed by atoms with E-state index in [0.717, 1.165) is 33.0 Å².